The van der Waals surface area contributed by atoms with Crippen LogP contribution in [0.1, 0.15) is 0 Å². The van der Waals surface area contributed by atoms with Crippen molar-refractivity contribution in [3.05, 3.63) is 0 Å². The first-order chi connectivity index (χ1) is 2.41. The van der Waals surface area contributed by atoms with E-state index < -0.39 is 0 Å². The van der Waals surface area contributed by atoms with E-state index in [-0.39, 0.29) is 9.68 Å². The highest BCUT2D eigenvalue weighted by Gasteiger charge is 1.66. The summed E-state index contributed by atoms with van der Waals surface area (Å²) in [6, 6.07) is 0. The van der Waals surface area contributed by atoms with Crippen LogP contribution in [0.4, 0.5) is 0 Å². The third-order valence-electron chi connectivity index (χ3n) is 0.106. The minimum Gasteiger partial charge on any atom is -0.299 e. The van der Waals surface area contributed by atoms with Gasteiger partial charge in [0.2, 0.25) is 0 Å². The van der Waals surface area contributed by atoms with E-state index in [1.165, 1.54) is 0 Å². The lowest BCUT2D eigenvalue weighted by Crippen LogP contribution is -1.70. The van der Waals surface area contributed by atoms with Gasteiger partial charge in [0, 0.05) is 0 Å². The molecule has 0 spiro atoms. The molecule has 0 unspecified atom stereocenters. The molecule has 0 fully saturated rings. The number of hydrogen-bond donors (Lipinski definition) is 0. The molecular weight excluding hydrogens is 80.1 g/mol. The summed E-state index contributed by atoms with van der Waals surface area (Å²) in [5, 5.41) is 7.61. The van der Waals surface area contributed by atoms with E-state index >= 15 is 0 Å². The van der Waals surface area contributed by atoms with Gasteiger partial charge >= 0.3 is 9.68 Å². The van der Waals surface area contributed by atoms with Crippen LogP contribution in [0.3, 0.4) is 0 Å². The molecule has 5 heavy (non-hydrogen) atoms. The Kier molecular flexibility index (Phi) is 2.96. The van der Waals surface area contributed by atoms with Gasteiger partial charge in [0.1, 0.15) is 6.72 Å². The quantitative estimate of drug-likeness (QED) is 0.310. The summed E-state index contributed by atoms with van der Waals surface area (Å²) in [6.07, 6.45) is 0. The van der Waals surface area contributed by atoms with Gasteiger partial charge in [-0.2, -0.15) is 0 Å². The molecule has 0 rings (SSSR count). The second-order valence-corrected chi connectivity index (χ2v) is 1.01. The largest absolute Gasteiger partial charge is 0.349 e. The van der Waals surface area contributed by atoms with Crippen LogP contribution in [0, 0.1) is 11.0 Å². The SMILES string of the molecule is [C]=N[Si]C#N. The van der Waals surface area contributed by atoms with Gasteiger partial charge in [-0.1, -0.05) is 0 Å². The van der Waals surface area contributed by atoms with Gasteiger partial charge in [0.25, 0.3) is 0 Å². The Morgan fingerprint density at radius 1 is 2.00 bits per heavy atom. The Hall–Kier alpha value is -0.623. The molecule has 0 aromatic rings. The van der Waals surface area contributed by atoms with Crippen LogP contribution >= 0.6 is 0 Å². The monoisotopic (exact) mass is 80.0 g/mol. The number of nitriles is 1. The first-order valence-corrected chi connectivity index (χ1v) is 1.87. The van der Waals surface area contributed by atoms with Crippen molar-refractivity contribution in [3.8, 4) is 5.69 Å². The molecule has 0 saturated carbocycles. The zero-order valence-corrected chi connectivity index (χ0v) is 3.39. The molecule has 22 valence electrons. The third kappa shape index (κ3) is 3.38. The first-order valence-electron chi connectivity index (χ1n) is 0.921. The molecule has 0 heterocycles. The van der Waals surface area contributed by atoms with Crippen molar-refractivity contribution in [1.82, 2.24) is 0 Å². The van der Waals surface area contributed by atoms with Crippen LogP contribution in [0.2, 0.25) is 0 Å². The standard InChI is InChI=1S/C2N2Si/c1-4-5-2-3. The van der Waals surface area contributed by atoms with E-state index in [2.05, 4.69) is 4.66 Å². The van der Waals surface area contributed by atoms with Crippen LogP contribution < -0.4 is 0 Å². The fraction of sp³-hybridized carbons (Fsp3) is 0. The van der Waals surface area contributed by atoms with Crippen LogP contribution in [0.15, 0.2) is 4.66 Å². The van der Waals surface area contributed by atoms with E-state index in [1.807, 2.05) is 0 Å². The van der Waals surface area contributed by atoms with Gasteiger partial charge in [0.05, 0.1) is 5.69 Å². The second kappa shape index (κ2) is 3.38. The van der Waals surface area contributed by atoms with E-state index in [0.29, 0.717) is 0 Å². The molecule has 2 nitrogen and oxygen atoms in total. The van der Waals surface area contributed by atoms with Crippen molar-refractivity contribution in [1.29, 1.82) is 5.26 Å². The molecular formula is C2N2Si. The van der Waals surface area contributed by atoms with Crippen molar-refractivity contribution < 1.29 is 0 Å². The normalized spacial score (nSPS) is 5.40. The fourth-order valence-electron chi connectivity index (χ4n) is 0.0250. The van der Waals surface area contributed by atoms with Crippen molar-refractivity contribution in [3.63, 3.8) is 0 Å². The minimum absolute atomic E-state index is 0.205. The molecule has 0 N–H and O–H groups in total. The Labute approximate surface area is 33.0 Å². The van der Waals surface area contributed by atoms with Gasteiger partial charge in [-0.25, -0.2) is 5.26 Å². The zero-order chi connectivity index (χ0) is 4.12. The maximum Gasteiger partial charge on any atom is 0.349 e. The Morgan fingerprint density at radius 3 is 2.60 bits per heavy atom. The van der Waals surface area contributed by atoms with Crippen molar-refractivity contribution in [2.24, 2.45) is 4.66 Å². The fourth-order valence-corrected chi connectivity index (χ4v) is 0.0750. The molecule has 0 atom stereocenters. The minimum atomic E-state index is -0.205. The van der Waals surface area contributed by atoms with E-state index in [1.54, 1.807) is 5.69 Å². The Bertz CT molecular complexity index is 62.5. The second-order valence-electron chi connectivity index (χ2n) is 0.335. The summed E-state index contributed by atoms with van der Waals surface area (Å²) in [5.41, 5.74) is 1.69. The topological polar surface area (TPSA) is 36.1 Å². The molecule has 0 aliphatic carbocycles. The maximum absolute atomic E-state index is 7.61. The van der Waals surface area contributed by atoms with Crippen LogP contribution in [-0.2, 0) is 0 Å². The summed E-state index contributed by atoms with van der Waals surface area (Å²) in [6.45, 7) is 6.02. The number of nitrogens with zero attached hydrogens (tertiary/aromatic N) is 2. The lowest BCUT2D eigenvalue weighted by atomic mass is 11.8. The molecule has 0 amide bonds. The molecule has 0 aliphatic rings. The lowest BCUT2D eigenvalue weighted by molar-refractivity contribution is 1.56. The molecule has 4 radical (unpaired) electrons. The summed E-state index contributed by atoms with van der Waals surface area (Å²) in [5.74, 6) is 0. The summed E-state index contributed by atoms with van der Waals surface area (Å²) < 4.78 is 2.77. The van der Waals surface area contributed by atoms with Gasteiger partial charge in [0.15, 0.2) is 0 Å². The Morgan fingerprint density at radius 2 is 2.60 bits per heavy atom. The van der Waals surface area contributed by atoms with Crippen LogP contribution in [0.5, 0.6) is 0 Å². The molecule has 0 saturated heterocycles. The summed E-state index contributed by atoms with van der Waals surface area (Å²) in [7, 11) is -0.205. The highest BCUT2D eigenvalue weighted by atomic mass is 28.2. The van der Waals surface area contributed by atoms with E-state index in [9.17, 15) is 0 Å². The van der Waals surface area contributed by atoms with Crippen molar-refractivity contribution in [2.75, 3.05) is 0 Å². The van der Waals surface area contributed by atoms with Crippen LogP contribution in [-0.4, -0.2) is 16.4 Å². The number of hydrogen-bond acceptors (Lipinski definition) is 2. The van der Waals surface area contributed by atoms with Gasteiger partial charge in [-0.3, -0.25) is 4.66 Å². The summed E-state index contributed by atoms with van der Waals surface area (Å²) >= 11 is 0. The zero-order valence-electron chi connectivity index (χ0n) is 2.39. The predicted molar refractivity (Wildman–Crippen MR) is 18.8 cm³/mol. The lowest BCUT2D eigenvalue weighted by Gasteiger charge is -1.51. The molecule has 3 heteroatoms. The molecule has 0 aromatic heterocycles. The first kappa shape index (κ1) is 4.38. The smallest absolute Gasteiger partial charge is 0.299 e. The molecule has 0 bridgehead atoms. The predicted octanol–water partition coefficient (Wildman–Crippen LogP) is -0.459. The highest BCUT2D eigenvalue weighted by Crippen LogP contribution is 1.46. The molecule has 0 aromatic carbocycles. The Balaban J connectivity index is 2.75. The van der Waals surface area contributed by atoms with Gasteiger partial charge < -0.3 is 0 Å². The van der Waals surface area contributed by atoms with Crippen molar-refractivity contribution >= 4 is 16.4 Å². The maximum atomic E-state index is 7.61. The van der Waals surface area contributed by atoms with Crippen LogP contribution in [0.25, 0.3) is 0 Å². The highest BCUT2D eigenvalue weighted by molar-refractivity contribution is 6.43. The molecule has 0 aliphatic heterocycles. The number of rotatable bonds is 1. The van der Waals surface area contributed by atoms with Crippen molar-refractivity contribution in [2.45, 2.75) is 0 Å². The van der Waals surface area contributed by atoms with E-state index in [4.69, 9.17) is 12.0 Å². The van der Waals surface area contributed by atoms with Gasteiger partial charge in [-0.05, 0) is 0 Å². The van der Waals surface area contributed by atoms with Gasteiger partial charge in [-0.15, -0.1) is 0 Å². The third-order valence-corrected chi connectivity index (χ3v) is 0.318. The average molecular weight is 80.1 g/mol. The van der Waals surface area contributed by atoms with E-state index in [0.717, 1.165) is 0 Å². The average Bonchev–Trinajstić information content (AvgIpc) is 1.41. The summed E-state index contributed by atoms with van der Waals surface area (Å²) in [4.78, 5) is 0.